The van der Waals surface area contributed by atoms with Crippen molar-refractivity contribution in [2.75, 3.05) is 0 Å². The fourth-order valence-electron chi connectivity index (χ4n) is 6.57. The largest absolute Gasteiger partial charge is 0.390 e. The lowest BCUT2D eigenvalue weighted by atomic mass is 9.73. The normalized spacial score (nSPS) is 20.4. The van der Waals surface area contributed by atoms with E-state index >= 15 is 4.39 Å². The number of aliphatic hydroxyl groups is 1. The zero-order chi connectivity index (χ0) is 29.4. The average Bonchev–Trinajstić information content (AvgIpc) is 3.28. The molecule has 2 heterocycles. The molecule has 2 aliphatic rings. The molecule has 5 N–H and O–H groups in total. The summed E-state index contributed by atoms with van der Waals surface area (Å²) >= 11 is 0. The van der Waals surface area contributed by atoms with E-state index in [2.05, 4.69) is 9.97 Å². The number of nitrogens with two attached hydrogens (primary N) is 1. The maximum Gasteiger partial charge on any atom is 0.333 e. The number of nitrogens with one attached hydrogen (secondary N) is 2. The average molecular weight is 561 g/mol. The van der Waals surface area contributed by atoms with E-state index in [1.165, 1.54) is 18.2 Å². The fraction of sp³-hybridized carbons (Fsp3) is 0.323. The molecule has 2 aromatic heterocycles. The second-order valence-electron chi connectivity index (χ2n) is 11.6. The number of hydrogen-bond acceptors (Lipinski definition) is 4. The number of alkyl halides is 1. The number of hydrogen-bond donors (Lipinski definition) is 4. The Morgan fingerprint density at radius 3 is 2.59 bits per heavy atom. The lowest BCUT2D eigenvalue weighted by Crippen LogP contribution is -2.35. The molecule has 2 unspecified atom stereocenters. The van der Waals surface area contributed by atoms with Gasteiger partial charge < -0.3 is 20.8 Å². The Morgan fingerprint density at radius 1 is 1.15 bits per heavy atom. The minimum Gasteiger partial charge on any atom is -0.390 e. The van der Waals surface area contributed by atoms with Crippen LogP contribution < -0.4 is 17.0 Å². The van der Waals surface area contributed by atoms with Crippen LogP contribution in [0.25, 0.3) is 22.2 Å². The molecule has 0 saturated carbocycles. The molecule has 10 heteroatoms. The SMILES string of the molecule is Cc1c(C2c3c([nH]c4c3CC[C@H](C(C)(C)O)C4)C(C(N)=O)=CC2F)cccc1-n1c(=O)[nH]c2c(F)cccc2c1=O. The smallest absolute Gasteiger partial charge is 0.333 e. The molecule has 3 atom stereocenters. The molecule has 212 valence electrons. The van der Waals surface area contributed by atoms with E-state index in [9.17, 15) is 23.9 Å². The quantitative estimate of drug-likeness (QED) is 0.303. The number of para-hydroxylation sites is 1. The predicted molar refractivity (Wildman–Crippen MR) is 151 cm³/mol. The van der Waals surface area contributed by atoms with E-state index in [1.807, 2.05) is 0 Å². The molecule has 8 nitrogen and oxygen atoms in total. The Hall–Kier alpha value is -4.31. The summed E-state index contributed by atoms with van der Waals surface area (Å²) in [4.78, 5) is 44.6. The first-order valence-corrected chi connectivity index (χ1v) is 13.5. The van der Waals surface area contributed by atoms with Gasteiger partial charge in [-0.2, -0.15) is 0 Å². The Kier molecular flexibility index (Phi) is 6.15. The lowest BCUT2D eigenvalue weighted by Gasteiger charge is -2.34. The predicted octanol–water partition coefficient (Wildman–Crippen LogP) is 3.68. The van der Waals surface area contributed by atoms with Crippen molar-refractivity contribution >= 4 is 22.4 Å². The third-order valence-corrected chi connectivity index (χ3v) is 8.72. The van der Waals surface area contributed by atoms with Crippen molar-refractivity contribution in [1.29, 1.82) is 0 Å². The summed E-state index contributed by atoms with van der Waals surface area (Å²) in [6.07, 6.45) is 1.37. The highest BCUT2D eigenvalue weighted by molar-refractivity contribution is 6.19. The maximum absolute atomic E-state index is 16.1. The van der Waals surface area contributed by atoms with Crippen molar-refractivity contribution in [2.45, 2.75) is 57.7 Å². The van der Waals surface area contributed by atoms with E-state index < -0.39 is 40.7 Å². The molecule has 6 rings (SSSR count). The third-order valence-electron chi connectivity index (χ3n) is 8.72. The third kappa shape index (κ3) is 4.16. The van der Waals surface area contributed by atoms with Crippen molar-refractivity contribution in [1.82, 2.24) is 14.5 Å². The van der Waals surface area contributed by atoms with Gasteiger partial charge in [0.1, 0.15) is 12.0 Å². The number of carbonyl (C=O) groups excluding carboxylic acids is 1. The number of allylic oxidation sites excluding steroid dienone is 1. The van der Waals surface area contributed by atoms with Gasteiger partial charge in [0.2, 0.25) is 0 Å². The van der Waals surface area contributed by atoms with Gasteiger partial charge in [-0.15, -0.1) is 0 Å². The van der Waals surface area contributed by atoms with Crippen molar-refractivity contribution in [3.8, 4) is 5.69 Å². The van der Waals surface area contributed by atoms with Crippen LogP contribution in [0.1, 0.15) is 59.8 Å². The standard InChI is InChI=1S/C31H30F2N4O4/c1-14-16(6-5-9-23(14)37-29(39)18-7-4-8-20(32)26(18)36-30(37)40)24-21(33)13-19(28(34)38)27-25(24)17-11-10-15(31(2,3)41)12-22(17)35-27/h4-9,13,15,21,24,35,41H,10-12H2,1-3H3,(H2,34,38)(H,36,40)/t15-,21?,24?/m0/s1. The number of aromatic amines is 2. The van der Waals surface area contributed by atoms with Crippen LogP contribution in [0.4, 0.5) is 8.78 Å². The number of amides is 1. The van der Waals surface area contributed by atoms with Gasteiger partial charge in [-0.25, -0.2) is 18.1 Å². The topological polar surface area (TPSA) is 134 Å². The summed E-state index contributed by atoms with van der Waals surface area (Å²) in [7, 11) is 0. The Labute approximate surface area is 233 Å². The first kappa shape index (κ1) is 26.9. The molecule has 0 bridgehead atoms. The van der Waals surface area contributed by atoms with Gasteiger partial charge in [-0.05, 0) is 92.5 Å². The van der Waals surface area contributed by atoms with Crippen molar-refractivity contribution in [3.63, 3.8) is 0 Å². The Balaban J connectivity index is 1.55. The van der Waals surface area contributed by atoms with Crippen molar-refractivity contribution in [2.24, 2.45) is 11.7 Å². The molecule has 2 aliphatic carbocycles. The molecule has 41 heavy (non-hydrogen) atoms. The summed E-state index contributed by atoms with van der Waals surface area (Å²) in [5, 5.41) is 10.7. The van der Waals surface area contributed by atoms with Gasteiger partial charge in [0, 0.05) is 11.6 Å². The highest BCUT2D eigenvalue weighted by atomic mass is 19.1. The van der Waals surface area contributed by atoms with E-state index in [1.54, 1.807) is 39.0 Å². The Bertz CT molecular complexity index is 1890. The number of benzene rings is 2. The minimum absolute atomic E-state index is 0.00724. The number of halogens is 2. The van der Waals surface area contributed by atoms with Gasteiger partial charge >= 0.3 is 5.69 Å². The van der Waals surface area contributed by atoms with E-state index in [-0.39, 0.29) is 28.1 Å². The van der Waals surface area contributed by atoms with Gasteiger partial charge in [0.05, 0.1) is 33.5 Å². The molecular formula is C31H30F2N4O4. The van der Waals surface area contributed by atoms with Crippen LogP contribution in [-0.2, 0) is 17.6 Å². The first-order valence-electron chi connectivity index (χ1n) is 13.5. The number of carbonyl (C=O) groups is 1. The van der Waals surface area contributed by atoms with Crippen LogP contribution in [-0.4, -0.2) is 37.3 Å². The zero-order valence-corrected chi connectivity index (χ0v) is 22.8. The molecule has 4 aromatic rings. The summed E-state index contributed by atoms with van der Waals surface area (Å²) in [5.74, 6) is -2.35. The van der Waals surface area contributed by atoms with Gasteiger partial charge in [-0.1, -0.05) is 18.2 Å². The molecule has 0 spiro atoms. The molecule has 2 aromatic carbocycles. The fourth-order valence-corrected chi connectivity index (χ4v) is 6.57. The molecule has 0 saturated heterocycles. The number of H-pyrrole nitrogens is 2. The first-order chi connectivity index (χ1) is 19.4. The number of aromatic nitrogens is 3. The second kappa shape index (κ2) is 9.37. The summed E-state index contributed by atoms with van der Waals surface area (Å²) < 4.78 is 31.4. The van der Waals surface area contributed by atoms with Gasteiger partial charge in [0.15, 0.2) is 0 Å². The van der Waals surface area contributed by atoms with E-state index in [0.29, 0.717) is 41.6 Å². The molecule has 0 aliphatic heterocycles. The van der Waals surface area contributed by atoms with Crippen LogP contribution in [0.2, 0.25) is 0 Å². The van der Waals surface area contributed by atoms with Crippen molar-refractivity contribution in [3.05, 3.63) is 103 Å². The van der Waals surface area contributed by atoms with Crippen molar-refractivity contribution < 1.29 is 18.7 Å². The molecule has 0 fully saturated rings. The number of fused-ring (bicyclic) bond motifs is 4. The van der Waals surface area contributed by atoms with Gasteiger partial charge in [-0.3, -0.25) is 9.59 Å². The van der Waals surface area contributed by atoms with Gasteiger partial charge in [0.25, 0.3) is 11.5 Å². The second-order valence-corrected chi connectivity index (χ2v) is 11.6. The number of primary amides is 1. The van der Waals surface area contributed by atoms with E-state index in [4.69, 9.17) is 5.73 Å². The van der Waals surface area contributed by atoms with Crippen LogP contribution in [0.5, 0.6) is 0 Å². The number of rotatable bonds is 4. The monoisotopic (exact) mass is 560 g/mol. The zero-order valence-electron chi connectivity index (χ0n) is 22.8. The Morgan fingerprint density at radius 2 is 1.88 bits per heavy atom. The summed E-state index contributed by atoms with van der Waals surface area (Å²) in [6.45, 7) is 5.23. The summed E-state index contributed by atoms with van der Waals surface area (Å²) in [6, 6.07) is 8.95. The molecule has 1 amide bonds. The molecular weight excluding hydrogens is 530 g/mol. The lowest BCUT2D eigenvalue weighted by molar-refractivity contribution is -0.112. The highest BCUT2D eigenvalue weighted by Gasteiger charge is 2.41. The highest BCUT2D eigenvalue weighted by Crippen LogP contribution is 2.47. The number of nitrogens with zero attached hydrogens (tertiary/aromatic N) is 1. The van der Waals surface area contributed by atoms with Crippen LogP contribution in [0, 0.1) is 18.7 Å². The summed E-state index contributed by atoms with van der Waals surface area (Å²) in [5.41, 5.74) is 7.19. The minimum atomic E-state index is -1.62. The van der Waals surface area contributed by atoms with Crippen LogP contribution >= 0.6 is 0 Å². The van der Waals surface area contributed by atoms with Crippen LogP contribution in [0.3, 0.4) is 0 Å². The van der Waals surface area contributed by atoms with Crippen LogP contribution in [0.15, 0.2) is 52.1 Å². The molecule has 0 radical (unpaired) electrons. The maximum atomic E-state index is 16.1. The van der Waals surface area contributed by atoms with E-state index in [0.717, 1.165) is 21.9 Å².